The first-order valence-electron chi connectivity index (χ1n) is 6.95. The zero-order chi connectivity index (χ0) is 16.2. The Labute approximate surface area is 135 Å². The van der Waals surface area contributed by atoms with E-state index in [0.717, 1.165) is 11.3 Å². The van der Waals surface area contributed by atoms with Crippen molar-refractivity contribution in [1.29, 1.82) is 0 Å². The second-order valence-corrected chi connectivity index (χ2v) is 8.01. The number of hydrogen-bond acceptors (Lipinski definition) is 5. The van der Waals surface area contributed by atoms with Crippen LogP contribution >= 0.6 is 11.8 Å². The monoisotopic (exact) mass is 344 g/mol. The molecule has 0 atom stereocenters. The quantitative estimate of drug-likeness (QED) is 0.788. The van der Waals surface area contributed by atoms with Crippen molar-refractivity contribution in [3.63, 3.8) is 0 Å². The number of thioether (sulfide) groups is 1. The van der Waals surface area contributed by atoms with Gasteiger partial charge in [-0.3, -0.25) is 9.10 Å². The van der Waals surface area contributed by atoms with Gasteiger partial charge in [0.05, 0.1) is 11.9 Å². The van der Waals surface area contributed by atoms with E-state index >= 15 is 0 Å². The minimum Gasteiger partial charge on any atom is -0.385 e. The van der Waals surface area contributed by atoms with Crippen LogP contribution in [-0.4, -0.2) is 53.1 Å². The Kier molecular flexibility index (Phi) is 5.71. The molecule has 0 saturated carbocycles. The van der Waals surface area contributed by atoms with E-state index in [2.05, 4.69) is 5.32 Å². The van der Waals surface area contributed by atoms with Gasteiger partial charge in [-0.25, -0.2) is 8.42 Å². The van der Waals surface area contributed by atoms with Crippen LogP contribution in [0.25, 0.3) is 0 Å². The molecular formula is C14H20N2O4S2. The van der Waals surface area contributed by atoms with E-state index in [9.17, 15) is 13.2 Å². The number of amides is 1. The molecule has 0 unspecified atom stereocenters. The Morgan fingerprint density at radius 2 is 2.23 bits per heavy atom. The summed E-state index contributed by atoms with van der Waals surface area (Å²) in [7, 11) is -1.72. The smallest absolute Gasteiger partial charge is 0.251 e. The first-order chi connectivity index (χ1) is 10.4. The van der Waals surface area contributed by atoms with Crippen LogP contribution < -0.4 is 9.62 Å². The molecule has 0 aromatic heterocycles. The highest BCUT2D eigenvalue weighted by atomic mass is 32.2. The molecule has 0 fully saturated rings. The molecule has 1 heterocycles. The summed E-state index contributed by atoms with van der Waals surface area (Å²) < 4.78 is 30.0. The molecule has 1 aliphatic heterocycles. The normalized spacial score (nSPS) is 14.5. The van der Waals surface area contributed by atoms with Crippen LogP contribution in [0.3, 0.4) is 0 Å². The van der Waals surface area contributed by atoms with Crippen molar-refractivity contribution in [2.75, 3.05) is 43.1 Å². The molecule has 1 aromatic rings. The van der Waals surface area contributed by atoms with Crippen LogP contribution in [0.15, 0.2) is 23.1 Å². The molecule has 0 saturated heterocycles. The standard InChI is InChI=1S/C14H20N2O4S2/c1-20-8-3-6-15-14(17)11-4-5-13-12(10-11)16(7-9-21-13)22(2,18)19/h4-5,10H,3,6-9H2,1-2H3,(H,15,17). The van der Waals surface area contributed by atoms with Crippen molar-refractivity contribution in [3.05, 3.63) is 23.8 Å². The summed E-state index contributed by atoms with van der Waals surface area (Å²) in [5.74, 6) is 0.505. The molecule has 2 rings (SSSR count). The molecule has 1 N–H and O–H groups in total. The average Bonchev–Trinajstić information content (AvgIpc) is 2.49. The Hall–Kier alpha value is -1.25. The van der Waals surface area contributed by atoms with Gasteiger partial charge in [0.1, 0.15) is 0 Å². The van der Waals surface area contributed by atoms with Gasteiger partial charge >= 0.3 is 0 Å². The fraction of sp³-hybridized carbons (Fsp3) is 0.500. The zero-order valence-electron chi connectivity index (χ0n) is 12.7. The van der Waals surface area contributed by atoms with Crippen LogP contribution in [0.2, 0.25) is 0 Å². The molecule has 0 spiro atoms. The fourth-order valence-corrected chi connectivity index (χ4v) is 4.28. The van der Waals surface area contributed by atoms with Crippen LogP contribution in [0.5, 0.6) is 0 Å². The molecule has 122 valence electrons. The number of sulfonamides is 1. The predicted molar refractivity (Wildman–Crippen MR) is 88.2 cm³/mol. The van der Waals surface area contributed by atoms with Gasteiger partial charge in [0.15, 0.2) is 0 Å². The number of ether oxygens (including phenoxy) is 1. The van der Waals surface area contributed by atoms with Crippen LogP contribution in [0.1, 0.15) is 16.8 Å². The van der Waals surface area contributed by atoms with Gasteiger partial charge in [0, 0.05) is 43.0 Å². The molecule has 0 aliphatic carbocycles. The fourth-order valence-electron chi connectivity index (χ4n) is 2.20. The van der Waals surface area contributed by atoms with Crippen molar-refractivity contribution in [2.24, 2.45) is 0 Å². The third kappa shape index (κ3) is 4.15. The lowest BCUT2D eigenvalue weighted by Gasteiger charge is -2.29. The highest BCUT2D eigenvalue weighted by Gasteiger charge is 2.25. The van der Waals surface area contributed by atoms with E-state index in [1.807, 2.05) is 0 Å². The summed E-state index contributed by atoms with van der Waals surface area (Å²) in [6, 6.07) is 5.18. The number of nitrogens with one attached hydrogen (secondary N) is 1. The molecule has 0 radical (unpaired) electrons. The molecule has 1 aromatic carbocycles. The van der Waals surface area contributed by atoms with E-state index < -0.39 is 10.0 Å². The van der Waals surface area contributed by atoms with Gasteiger partial charge in [-0.15, -0.1) is 11.8 Å². The van der Waals surface area contributed by atoms with Gasteiger partial charge in [-0.05, 0) is 24.6 Å². The number of carbonyl (C=O) groups is 1. The summed E-state index contributed by atoms with van der Waals surface area (Å²) in [4.78, 5) is 13.0. The van der Waals surface area contributed by atoms with E-state index in [1.165, 1.54) is 10.6 Å². The van der Waals surface area contributed by atoms with Crippen molar-refractivity contribution >= 4 is 33.4 Å². The maximum absolute atomic E-state index is 12.1. The van der Waals surface area contributed by atoms with Gasteiger partial charge in [0.2, 0.25) is 10.0 Å². The average molecular weight is 344 g/mol. The lowest BCUT2D eigenvalue weighted by atomic mass is 10.2. The minimum atomic E-state index is -3.33. The molecule has 22 heavy (non-hydrogen) atoms. The van der Waals surface area contributed by atoms with Gasteiger partial charge < -0.3 is 10.1 Å². The van der Waals surface area contributed by atoms with Crippen molar-refractivity contribution in [2.45, 2.75) is 11.3 Å². The molecular weight excluding hydrogens is 324 g/mol. The Morgan fingerprint density at radius 1 is 1.45 bits per heavy atom. The first-order valence-corrected chi connectivity index (χ1v) is 9.78. The van der Waals surface area contributed by atoms with Gasteiger partial charge in [-0.1, -0.05) is 0 Å². The lowest BCUT2D eigenvalue weighted by Crippen LogP contribution is -2.35. The number of benzene rings is 1. The highest BCUT2D eigenvalue weighted by Crippen LogP contribution is 2.36. The van der Waals surface area contributed by atoms with Gasteiger partial charge in [-0.2, -0.15) is 0 Å². The Balaban J connectivity index is 2.17. The third-order valence-electron chi connectivity index (χ3n) is 3.25. The highest BCUT2D eigenvalue weighted by molar-refractivity contribution is 8.00. The summed E-state index contributed by atoms with van der Waals surface area (Å²) in [5.41, 5.74) is 1.05. The first kappa shape index (κ1) is 17.1. The van der Waals surface area contributed by atoms with E-state index in [1.54, 1.807) is 37.1 Å². The number of hydrogen-bond donors (Lipinski definition) is 1. The number of nitrogens with zero attached hydrogens (tertiary/aromatic N) is 1. The largest absolute Gasteiger partial charge is 0.385 e. The number of methoxy groups -OCH3 is 1. The van der Waals surface area contributed by atoms with Crippen LogP contribution in [0, 0.1) is 0 Å². The summed E-state index contributed by atoms with van der Waals surface area (Å²) in [6.07, 6.45) is 1.92. The molecule has 6 nitrogen and oxygen atoms in total. The van der Waals surface area contributed by atoms with E-state index in [4.69, 9.17) is 4.74 Å². The molecule has 1 amide bonds. The van der Waals surface area contributed by atoms with Crippen molar-refractivity contribution in [3.8, 4) is 0 Å². The minimum absolute atomic E-state index is 0.206. The molecule has 1 aliphatic rings. The number of anilines is 1. The van der Waals surface area contributed by atoms with Gasteiger partial charge in [0.25, 0.3) is 5.91 Å². The SMILES string of the molecule is COCCCNC(=O)c1ccc2c(c1)N(S(C)(=O)=O)CCS2. The second kappa shape index (κ2) is 7.34. The number of carbonyl (C=O) groups excluding carboxylic acids is 1. The maximum Gasteiger partial charge on any atom is 0.251 e. The Bertz CT molecular complexity index is 646. The van der Waals surface area contributed by atoms with E-state index in [0.29, 0.717) is 36.7 Å². The summed E-state index contributed by atoms with van der Waals surface area (Å²) >= 11 is 1.60. The zero-order valence-corrected chi connectivity index (χ0v) is 14.3. The molecule has 8 heteroatoms. The topological polar surface area (TPSA) is 75.7 Å². The Morgan fingerprint density at radius 3 is 2.91 bits per heavy atom. The van der Waals surface area contributed by atoms with Crippen LogP contribution in [0.4, 0.5) is 5.69 Å². The maximum atomic E-state index is 12.1. The van der Waals surface area contributed by atoms with Crippen molar-refractivity contribution in [1.82, 2.24) is 5.32 Å². The number of rotatable bonds is 6. The van der Waals surface area contributed by atoms with Crippen LogP contribution in [-0.2, 0) is 14.8 Å². The summed E-state index contributed by atoms with van der Waals surface area (Å²) in [5, 5.41) is 2.80. The predicted octanol–water partition coefficient (Wildman–Crippen LogP) is 1.32. The van der Waals surface area contributed by atoms with Crippen molar-refractivity contribution < 1.29 is 17.9 Å². The number of fused-ring (bicyclic) bond motifs is 1. The summed E-state index contributed by atoms with van der Waals surface area (Å²) in [6.45, 7) is 1.53. The third-order valence-corrected chi connectivity index (χ3v) is 5.48. The molecule has 0 bridgehead atoms. The lowest BCUT2D eigenvalue weighted by molar-refractivity contribution is 0.0948. The second-order valence-electron chi connectivity index (χ2n) is 4.97. The van der Waals surface area contributed by atoms with E-state index in [-0.39, 0.29) is 5.91 Å².